The highest BCUT2D eigenvalue weighted by Gasteiger charge is 2.16. The molecule has 0 atom stereocenters. The summed E-state index contributed by atoms with van der Waals surface area (Å²) in [7, 11) is 0. The zero-order valence-corrected chi connectivity index (χ0v) is 15.2. The van der Waals surface area contributed by atoms with E-state index in [0.29, 0.717) is 23.1 Å². The van der Waals surface area contributed by atoms with E-state index in [1.54, 1.807) is 45.0 Å². The Morgan fingerprint density at radius 3 is 2.52 bits per heavy atom. The van der Waals surface area contributed by atoms with Crippen LogP contribution in [-0.2, 0) is 9.53 Å². The molecule has 6 nitrogen and oxygen atoms in total. The summed E-state index contributed by atoms with van der Waals surface area (Å²) in [5.74, 6) is 1.02. The van der Waals surface area contributed by atoms with Crippen molar-refractivity contribution in [3.63, 3.8) is 0 Å². The summed E-state index contributed by atoms with van der Waals surface area (Å²) in [6.07, 6.45) is 0.126. The fourth-order valence-corrected chi connectivity index (χ4v) is 2.18. The first-order valence-corrected chi connectivity index (χ1v) is 8.21. The van der Waals surface area contributed by atoms with Crippen LogP contribution >= 0.6 is 11.6 Å². The number of amides is 2. The summed E-state index contributed by atoms with van der Waals surface area (Å²) in [5, 5.41) is 3.24. The molecule has 0 saturated carbocycles. The lowest BCUT2D eigenvalue weighted by molar-refractivity contribution is -0.107. The van der Waals surface area contributed by atoms with E-state index in [1.807, 2.05) is 12.1 Å². The van der Waals surface area contributed by atoms with Gasteiger partial charge in [-0.15, -0.1) is 0 Å². The number of furan rings is 1. The molecule has 0 saturated heterocycles. The van der Waals surface area contributed by atoms with Crippen LogP contribution in [0.2, 0.25) is 5.02 Å². The molecule has 134 valence electrons. The van der Waals surface area contributed by atoms with Gasteiger partial charge in [0.05, 0.1) is 0 Å². The lowest BCUT2D eigenvalue weighted by atomic mass is 10.2. The maximum atomic E-state index is 11.6. The third kappa shape index (κ3) is 5.83. The quantitative estimate of drug-likeness (QED) is 0.784. The molecule has 0 aliphatic rings. The largest absolute Gasteiger partial charge is 0.444 e. The van der Waals surface area contributed by atoms with Crippen LogP contribution in [0.15, 0.2) is 40.8 Å². The van der Waals surface area contributed by atoms with Crippen LogP contribution in [-0.4, -0.2) is 31.2 Å². The molecular weight excluding hydrogens is 344 g/mol. The Labute approximate surface area is 151 Å². The van der Waals surface area contributed by atoms with Gasteiger partial charge in [0, 0.05) is 29.7 Å². The number of carbonyl (C=O) groups excluding carboxylic acids is 2. The Morgan fingerprint density at radius 2 is 1.92 bits per heavy atom. The van der Waals surface area contributed by atoms with E-state index in [0.717, 1.165) is 5.56 Å². The molecule has 7 heteroatoms. The van der Waals surface area contributed by atoms with Crippen molar-refractivity contribution in [3.8, 4) is 11.3 Å². The molecule has 0 aliphatic carbocycles. The molecule has 0 radical (unpaired) electrons. The highest BCUT2D eigenvalue weighted by Crippen LogP contribution is 2.27. The molecule has 25 heavy (non-hydrogen) atoms. The fourth-order valence-electron chi connectivity index (χ4n) is 2.06. The van der Waals surface area contributed by atoms with E-state index in [-0.39, 0.29) is 13.1 Å². The number of anilines is 1. The van der Waals surface area contributed by atoms with Crippen molar-refractivity contribution in [1.29, 1.82) is 0 Å². The van der Waals surface area contributed by atoms with Gasteiger partial charge in [0.15, 0.2) is 0 Å². The smallest absolute Gasteiger partial charge is 0.407 e. The van der Waals surface area contributed by atoms with Crippen LogP contribution in [0, 0.1) is 0 Å². The van der Waals surface area contributed by atoms with Crippen LogP contribution in [0.4, 0.5) is 10.7 Å². The van der Waals surface area contributed by atoms with Crippen molar-refractivity contribution < 1.29 is 18.7 Å². The molecular formula is C18H21ClN2O4. The van der Waals surface area contributed by atoms with Crippen molar-refractivity contribution >= 4 is 30.0 Å². The van der Waals surface area contributed by atoms with Gasteiger partial charge in [-0.05, 0) is 51.1 Å². The lowest BCUT2D eigenvalue weighted by Crippen LogP contribution is -2.37. The number of ether oxygens (including phenoxy) is 1. The van der Waals surface area contributed by atoms with E-state index < -0.39 is 11.7 Å². The Bertz CT molecular complexity index is 719. The third-order valence-corrected chi connectivity index (χ3v) is 3.40. The average Bonchev–Trinajstić information content (AvgIpc) is 3.00. The van der Waals surface area contributed by atoms with Gasteiger partial charge >= 0.3 is 6.09 Å². The Balaban J connectivity index is 1.94. The third-order valence-electron chi connectivity index (χ3n) is 3.15. The Morgan fingerprint density at radius 1 is 1.24 bits per heavy atom. The number of alkyl carbamates (subject to hydrolysis) is 1. The van der Waals surface area contributed by atoms with E-state index in [9.17, 15) is 9.59 Å². The number of nitrogens with zero attached hydrogens (tertiary/aromatic N) is 1. The predicted molar refractivity (Wildman–Crippen MR) is 96.8 cm³/mol. The number of hydrogen-bond acceptors (Lipinski definition) is 4. The fraction of sp³-hybridized carbons (Fsp3) is 0.333. The molecule has 1 heterocycles. The second kappa shape index (κ2) is 8.07. The molecule has 0 unspecified atom stereocenters. The number of hydrogen-bond donors (Lipinski definition) is 1. The predicted octanol–water partition coefficient (Wildman–Crippen LogP) is 4.09. The SMILES string of the molecule is CC(C)(C)OC(=O)NCCN(C=O)c1ccc(-c2ccc(Cl)cc2)o1. The van der Waals surface area contributed by atoms with Crippen LogP contribution in [0.5, 0.6) is 0 Å². The molecule has 2 aromatic rings. The number of rotatable bonds is 6. The van der Waals surface area contributed by atoms with Crippen molar-refractivity contribution in [1.82, 2.24) is 5.32 Å². The van der Waals surface area contributed by atoms with Crippen LogP contribution in [0.1, 0.15) is 20.8 Å². The minimum Gasteiger partial charge on any atom is -0.444 e. The van der Waals surface area contributed by atoms with Crippen molar-refractivity contribution in [3.05, 3.63) is 41.4 Å². The van der Waals surface area contributed by atoms with Gasteiger partial charge < -0.3 is 14.5 Å². The topological polar surface area (TPSA) is 71.8 Å². The monoisotopic (exact) mass is 364 g/mol. The first-order valence-electron chi connectivity index (χ1n) is 7.83. The van der Waals surface area contributed by atoms with Crippen LogP contribution < -0.4 is 10.2 Å². The summed E-state index contributed by atoms with van der Waals surface area (Å²) >= 11 is 5.87. The maximum absolute atomic E-state index is 11.6. The first kappa shape index (κ1) is 18.9. The van der Waals surface area contributed by atoms with Crippen molar-refractivity contribution in [2.24, 2.45) is 0 Å². The molecule has 2 amide bonds. The normalized spacial score (nSPS) is 11.0. The van der Waals surface area contributed by atoms with Gasteiger partial charge in [-0.2, -0.15) is 0 Å². The van der Waals surface area contributed by atoms with E-state index in [4.69, 9.17) is 20.8 Å². The van der Waals surface area contributed by atoms with Gasteiger partial charge in [0.2, 0.25) is 12.3 Å². The summed E-state index contributed by atoms with van der Waals surface area (Å²) in [6.45, 7) is 5.85. The summed E-state index contributed by atoms with van der Waals surface area (Å²) < 4.78 is 10.8. The molecule has 1 aromatic carbocycles. The summed E-state index contributed by atoms with van der Waals surface area (Å²) in [6, 6.07) is 10.7. The highest BCUT2D eigenvalue weighted by molar-refractivity contribution is 6.30. The highest BCUT2D eigenvalue weighted by atomic mass is 35.5. The number of halogens is 1. The lowest BCUT2D eigenvalue weighted by Gasteiger charge is -2.20. The minimum absolute atomic E-state index is 0.241. The first-order chi connectivity index (χ1) is 11.8. The molecule has 0 bridgehead atoms. The van der Waals surface area contributed by atoms with Crippen molar-refractivity contribution in [2.45, 2.75) is 26.4 Å². The molecule has 0 spiro atoms. The molecule has 1 N–H and O–H groups in total. The Kier molecular flexibility index (Phi) is 6.09. The summed E-state index contributed by atoms with van der Waals surface area (Å²) in [4.78, 5) is 24.3. The number of carbonyl (C=O) groups is 2. The maximum Gasteiger partial charge on any atom is 0.407 e. The average molecular weight is 365 g/mol. The molecule has 0 aliphatic heterocycles. The summed E-state index contributed by atoms with van der Waals surface area (Å²) in [5.41, 5.74) is 0.288. The van der Waals surface area contributed by atoms with E-state index in [1.165, 1.54) is 4.90 Å². The molecule has 2 rings (SSSR count). The van der Waals surface area contributed by atoms with Crippen molar-refractivity contribution in [2.75, 3.05) is 18.0 Å². The second-order valence-corrected chi connectivity index (χ2v) is 6.81. The van der Waals surface area contributed by atoms with Gasteiger partial charge in [-0.3, -0.25) is 9.69 Å². The standard InChI is InChI=1S/C18H21ClN2O4/c1-18(2,3)25-17(23)20-10-11-21(12-22)16-9-8-15(24-16)13-4-6-14(19)7-5-13/h4-9,12H,10-11H2,1-3H3,(H,20,23). The number of benzene rings is 1. The Hall–Kier alpha value is -2.47. The van der Waals surface area contributed by atoms with Crippen LogP contribution in [0.25, 0.3) is 11.3 Å². The zero-order chi connectivity index (χ0) is 18.4. The van der Waals surface area contributed by atoms with Gasteiger partial charge in [0.25, 0.3) is 0 Å². The van der Waals surface area contributed by atoms with E-state index in [2.05, 4.69) is 5.32 Å². The number of nitrogens with one attached hydrogen (secondary N) is 1. The van der Waals surface area contributed by atoms with Gasteiger partial charge in [-0.1, -0.05) is 11.6 Å². The van der Waals surface area contributed by atoms with Gasteiger partial charge in [-0.25, -0.2) is 4.79 Å². The van der Waals surface area contributed by atoms with E-state index >= 15 is 0 Å². The van der Waals surface area contributed by atoms with Gasteiger partial charge in [0.1, 0.15) is 11.4 Å². The zero-order valence-electron chi connectivity index (χ0n) is 14.4. The van der Waals surface area contributed by atoms with Crippen LogP contribution in [0.3, 0.4) is 0 Å². The minimum atomic E-state index is -0.567. The second-order valence-electron chi connectivity index (χ2n) is 6.37. The molecule has 1 aromatic heterocycles. The molecule has 0 fully saturated rings.